The number of imidazole rings is 1. The second-order valence-electron chi connectivity index (χ2n) is 3.28. The van der Waals surface area contributed by atoms with Crippen LogP contribution in [0.3, 0.4) is 0 Å². The van der Waals surface area contributed by atoms with Crippen molar-refractivity contribution in [2.24, 2.45) is 0 Å². The van der Waals surface area contributed by atoms with E-state index in [1.165, 1.54) is 6.39 Å². The van der Waals surface area contributed by atoms with Crippen LogP contribution in [0.15, 0.2) is 17.2 Å². The smallest absolute Gasteiger partial charge is 0.354 e. The van der Waals surface area contributed by atoms with Gasteiger partial charge in [-0.25, -0.2) is 9.78 Å². The molecular formula is C9H9N5O4. The maximum absolute atomic E-state index is 11.6. The Bertz CT molecular complexity index is 547. The first-order valence-electron chi connectivity index (χ1n) is 4.98. The second-order valence-corrected chi connectivity index (χ2v) is 3.28. The van der Waals surface area contributed by atoms with Crippen molar-refractivity contribution in [3.8, 4) is 0 Å². The van der Waals surface area contributed by atoms with Gasteiger partial charge in [-0.15, -0.1) is 0 Å². The molecule has 2 aromatic rings. The van der Waals surface area contributed by atoms with Crippen molar-refractivity contribution < 1.29 is 19.2 Å². The standard InChI is InChI=1S/C9H9N5O4/c15-8(6-7(9(16)17)12-3-11-6)10-2-1-5-13-4-18-14-5/h3-4H,1-2H2,(H,10,15)(H,11,12)(H,16,17). The molecule has 0 atom stereocenters. The lowest BCUT2D eigenvalue weighted by Crippen LogP contribution is -2.27. The molecule has 0 unspecified atom stereocenters. The van der Waals surface area contributed by atoms with E-state index in [-0.39, 0.29) is 17.9 Å². The van der Waals surface area contributed by atoms with Gasteiger partial charge in [0.15, 0.2) is 17.2 Å². The molecule has 1 amide bonds. The Hall–Kier alpha value is -2.71. The molecule has 2 heterocycles. The SMILES string of the molecule is O=C(NCCc1ncon1)c1nc[nH]c1C(=O)O. The van der Waals surface area contributed by atoms with Gasteiger partial charge in [0, 0.05) is 13.0 Å². The van der Waals surface area contributed by atoms with Crippen LogP contribution in [-0.4, -0.2) is 43.6 Å². The summed E-state index contributed by atoms with van der Waals surface area (Å²) in [5.74, 6) is -1.36. The fraction of sp³-hybridized carbons (Fsp3) is 0.222. The number of H-pyrrole nitrogens is 1. The highest BCUT2D eigenvalue weighted by Crippen LogP contribution is 2.02. The molecule has 0 radical (unpaired) electrons. The van der Waals surface area contributed by atoms with Crippen molar-refractivity contribution in [2.45, 2.75) is 6.42 Å². The molecule has 0 saturated heterocycles. The van der Waals surface area contributed by atoms with Gasteiger partial charge in [-0.3, -0.25) is 4.79 Å². The largest absolute Gasteiger partial charge is 0.477 e. The summed E-state index contributed by atoms with van der Waals surface area (Å²) in [6.45, 7) is 0.254. The van der Waals surface area contributed by atoms with Crippen molar-refractivity contribution in [2.75, 3.05) is 6.54 Å². The lowest BCUT2D eigenvalue weighted by Gasteiger charge is -2.01. The van der Waals surface area contributed by atoms with E-state index in [1.54, 1.807) is 0 Å². The minimum absolute atomic E-state index is 0.157. The number of carboxylic acid groups (broad SMARTS) is 1. The molecule has 0 aliphatic heterocycles. The minimum Gasteiger partial charge on any atom is -0.477 e. The van der Waals surface area contributed by atoms with Crippen molar-refractivity contribution >= 4 is 11.9 Å². The van der Waals surface area contributed by atoms with Crippen LogP contribution in [0, 0.1) is 0 Å². The Morgan fingerprint density at radius 3 is 2.94 bits per heavy atom. The number of carbonyl (C=O) groups is 2. The van der Waals surface area contributed by atoms with E-state index < -0.39 is 11.9 Å². The molecule has 18 heavy (non-hydrogen) atoms. The number of nitrogens with zero attached hydrogens (tertiary/aromatic N) is 3. The summed E-state index contributed by atoms with van der Waals surface area (Å²) in [6, 6.07) is 0. The molecule has 0 aromatic carbocycles. The topological polar surface area (TPSA) is 134 Å². The molecule has 9 heteroatoms. The summed E-state index contributed by atoms with van der Waals surface area (Å²) in [5, 5.41) is 14.9. The highest BCUT2D eigenvalue weighted by molar-refractivity contribution is 6.02. The highest BCUT2D eigenvalue weighted by Gasteiger charge is 2.19. The van der Waals surface area contributed by atoms with Crippen molar-refractivity contribution in [3.05, 3.63) is 29.9 Å². The molecule has 3 N–H and O–H groups in total. The molecule has 0 spiro atoms. The third-order valence-corrected chi connectivity index (χ3v) is 2.11. The van der Waals surface area contributed by atoms with Gasteiger partial charge in [0.05, 0.1) is 6.33 Å². The molecule has 0 aliphatic carbocycles. The fourth-order valence-electron chi connectivity index (χ4n) is 1.30. The maximum atomic E-state index is 11.6. The van der Waals surface area contributed by atoms with Crippen LogP contribution in [-0.2, 0) is 6.42 Å². The van der Waals surface area contributed by atoms with E-state index in [9.17, 15) is 9.59 Å². The number of hydrogen-bond acceptors (Lipinski definition) is 6. The van der Waals surface area contributed by atoms with Gasteiger partial charge in [0.2, 0.25) is 6.39 Å². The van der Waals surface area contributed by atoms with Crippen LogP contribution in [0.4, 0.5) is 0 Å². The van der Waals surface area contributed by atoms with Crippen molar-refractivity contribution in [1.29, 1.82) is 0 Å². The van der Waals surface area contributed by atoms with Gasteiger partial charge in [0.25, 0.3) is 5.91 Å². The first kappa shape index (κ1) is 11.8. The third kappa shape index (κ3) is 2.51. The van der Waals surface area contributed by atoms with Crippen molar-refractivity contribution in [3.63, 3.8) is 0 Å². The summed E-state index contributed by atoms with van der Waals surface area (Å²) in [6.07, 6.45) is 2.72. The van der Waals surface area contributed by atoms with E-state index >= 15 is 0 Å². The number of hydrogen-bond donors (Lipinski definition) is 3. The van der Waals surface area contributed by atoms with Crippen LogP contribution in [0.1, 0.15) is 26.8 Å². The van der Waals surface area contributed by atoms with Crippen LogP contribution in [0.2, 0.25) is 0 Å². The molecule has 9 nitrogen and oxygen atoms in total. The van der Waals surface area contributed by atoms with Crippen LogP contribution in [0.5, 0.6) is 0 Å². The summed E-state index contributed by atoms with van der Waals surface area (Å²) in [5.41, 5.74) is -0.400. The van der Waals surface area contributed by atoms with Gasteiger partial charge in [-0.05, 0) is 0 Å². The number of rotatable bonds is 5. The third-order valence-electron chi connectivity index (χ3n) is 2.11. The van der Waals surface area contributed by atoms with E-state index in [2.05, 4.69) is 29.9 Å². The van der Waals surface area contributed by atoms with Crippen LogP contribution < -0.4 is 5.32 Å². The zero-order valence-corrected chi connectivity index (χ0v) is 9.08. The molecule has 0 aliphatic rings. The van der Waals surface area contributed by atoms with Gasteiger partial charge >= 0.3 is 5.97 Å². The van der Waals surface area contributed by atoms with Gasteiger partial charge < -0.3 is 19.9 Å². The minimum atomic E-state index is -1.24. The second kappa shape index (κ2) is 5.08. The number of carboxylic acids is 1. The fourth-order valence-corrected chi connectivity index (χ4v) is 1.30. The lowest BCUT2D eigenvalue weighted by atomic mass is 10.3. The van der Waals surface area contributed by atoms with Crippen LogP contribution in [0.25, 0.3) is 0 Å². The van der Waals surface area contributed by atoms with Gasteiger partial charge in [0.1, 0.15) is 0 Å². The quantitative estimate of drug-likeness (QED) is 0.649. The summed E-state index contributed by atoms with van der Waals surface area (Å²) < 4.78 is 4.53. The number of carbonyl (C=O) groups excluding carboxylic acids is 1. The Labute approximate surface area is 100 Å². The van der Waals surface area contributed by atoms with E-state index in [1.807, 2.05) is 0 Å². The zero-order chi connectivity index (χ0) is 13.0. The molecule has 94 valence electrons. The molecule has 0 fully saturated rings. The van der Waals surface area contributed by atoms with Gasteiger partial charge in [-0.2, -0.15) is 4.98 Å². The Kier molecular flexibility index (Phi) is 3.32. The number of aromatic nitrogens is 4. The number of aromatic carboxylic acids is 1. The monoisotopic (exact) mass is 251 g/mol. The van der Waals surface area contributed by atoms with E-state index in [0.717, 1.165) is 6.33 Å². The van der Waals surface area contributed by atoms with Crippen molar-refractivity contribution in [1.82, 2.24) is 25.4 Å². The molecule has 2 rings (SSSR count). The lowest BCUT2D eigenvalue weighted by molar-refractivity contribution is 0.0685. The van der Waals surface area contributed by atoms with E-state index in [4.69, 9.17) is 5.11 Å². The average molecular weight is 251 g/mol. The predicted octanol–water partition coefficient (Wildman–Crippen LogP) is -0.537. The molecule has 0 bridgehead atoms. The average Bonchev–Trinajstić information content (AvgIpc) is 2.99. The summed E-state index contributed by atoms with van der Waals surface area (Å²) in [7, 11) is 0. The number of aromatic amines is 1. The summed E-state index contributed by atoms with van der Waals surface area (Å²) in [4.78, 5) is 32.2. The zero-order valence-electron chi connectivity index (χ0n) is 9.08. The summed E-state index contributed by atoms with van der Waals surface area (Å²) >= 11 is 0. The van der Waals surface area contributed by atoms with E-state index in [0.29, 0.717) is 12.2 Å². The Morgan fingerprint density at radius 1 is 1.44 bits per heavy atom. The normalized spacial score (nSPS) is 10.2. The highest BCUT2D eigenvalue weighted by atomic mass is 16.5. The predicted molar refractivity (Wildman–Crippen MR) is 55.9 cm³/mol. The number of nitrogens with one attached hydrogen (secondary N) is 2. The Balaban J connectivity index is 1.91. The van der Waals surface area contributed by atoms with Crippen LogP contribution >= 0.6 is 0 Å². The maximum Gasteiger partial charge on any atom is 0.354 e. The first-order chi connectivity index (χ1) is 8.68. The Morgan fingerprint density at radius 2 is 2.28 bits per heavy atom. The number of amides is 1. The molecule has 2 aromatic heterocycles. The van der Waals surface area contributed by atoms with Gasteiger partial charge in [-0.1, -0.05) is 5.16 Å². The molecular weight excluding hydrogens is 242 g/mol. The first-order valence-corrected chi connectivity index (χ1v) is 4.98. The molecule has 0 saturated carbocycles.